The van der Waals surface area contributed by atoms with Crippen molar-refractivity contribution in [3.63, 3.8) is 0 Å². The summed E-state index contributed by atoms with van der Waals surface area (Å²) in [6, 6.07) is 0. The fourth-order valence-corrected chi connectivity index (χ4v) is 0.856. The molecule has 4 heteroatoms. The minimum absolute atomic E-state index is 0.293. The lowest BCUT2D eigenvalue weighted by atomic mass is 10.3. The number of amides is 1. The van der Waals surface area contributed by atoms with E-state index in [1.165, 1.54) is 0 Å². The monoisotopic (exact) mass is 201 g/mol. The van der Waals surface area contributed by atoms with Crippen molar-refractivity contribution in [2.24, 2.45) is 0 Å². The Labute approximate surface area is 85.8 Å². The molecule has 0 heterocycles. The average Bonchev–Trinajstić information content (AvgIpc) is 1.99. The molecule has 0 bridgehead atoms. The van der Waals surface area contributed by atoms with Crippen LogP contribution in [0.4, 0.5) is 0 Å². The lowest BCUT2D eigenvalue weighted by molar-refractivity contribution is -0.870. The molecule has 0 spiro atoms. The van der Waals surface area contributed by atoms with E-state index in [1.54, 1.807) is 6.92 Å². The molecule has 0 fully saturated rings. The molecule has 0 radical (unpaired) electrons. The molecule has 4 nitrogen and oxygen atoms in total. The van der Waals surface area contributed by atoms with Crippen LogP contribution >= 0.6 is 0 Å². The molecular formula is C10H21N2O2+. The molecule has 1 unspecified atom stereocenters. The van der Waals surface area contributed by atoms with Crippen LogP contribution in [-0.4, -0.2) is 49.4 Å². The molecule has 82 valence electrons. The van der Waals surface area contributed by atoms with E-state index >= 15 is 0 Å². The third-order valence-electron chi connectivity index (χ3n) is 1.76. The van der Waals surface area contributed by atoms with Crippen molar-refractivity contribution in [1.82, 2.24) is 5.32 Å². The van der Waals surface area contributed by atoms with Crippen molar-refractivity contribution in [2.75, 3.05) is 27.7 Å². The van der Waals surface area contributed by atoms with Gasteiger partial charge in [0.25, 0.3) is 0 Å². The lowest BCUT2D eigenvalue weighted by Crippen LogP contribution is -2.42. The van der Waals surface area contributed by atoms with Gasteiger partial charge in [-0.1, -0.05) is 6.58 Å². The number of aliphatic hydroxyl groups is 1. The number of hydrogen-bond donors (Lipinski definition) is 2. The van der Waals surface area contributed by atoms with Crippen LogP contribution in [0.5, 0.6) is 0 Å². The number of nitrogens with zero attached hydrogens (tertiary/aromatic N) is 1. The van der Waals surface area contributed by atoms with Gasteiger partial charge in [0.1, 0.15) is 6.23 Å². The molecule has 0 aromatic rings. The maximum absolute atomic E-state index is 11.1. The first kappa shape index (κ1) is 13.1. The zero-order valence-corrected chi connectivity index (χ0v) is 9.50. The second-order valence-electron chi connectivity index (χ2n) is 4.57. The van der Waals surface area contributed by atoms with E-state index in [1.807, 2.05) is 21.1 Å². The van der Waals surface area contributed by atoms with Crippen molar-refractivity contribution in [1.29, 1.82) is 0 Å². The molecule has 14 heavy (non-hydrogen) atoms. The van der Waals surface area contributed by atoms with Crippen molar-refractivity contribution < 1.29 is 14.4 Å². The Hall–Kier alpha value is -0.870. The van der Waals surface area contributed by atoms with Crippen molar-refractivity contribution >= 4 is 5.91 Å². The minimum atomic E-state index is -0.781. The van der Waals surface area contributed by atoms with Crippen molar-refractivity contribution in [3.05, 3.63) is 12.2 Å². The summed E-state index contributed by atoms with van der Waals surface area (Å²) < 4.78 is 0.764. The van der Waals surface area contributed by atoms with Gasteiger partial charge in [-0.15, -0.1) is 0 Å². The summed E-state index contributed by atoms with van der Waals surface area (Å²) in [6.45, 7) is 5.91. The standard InChI is InChI=1S/C10H20N2O2/c1-8(2)10(14)11-9(13)6-7-12(3,4)5/h9,13H,1,6-7H2,2-5H3/p+1. The Morgan fingerprint density at radius 2 is 2.00 bits per heavy atom. The highest BCUT2D eigenvalue weighted by Gasteiger charge is 2.13. The van der Waals surface area contributed by atoms with Crippen LogP contribution in [0, 0.1) is 0 Å². The Kier molecular flexibility index (Phi) is 4.80. The maximum Gasteiger partial charge on any atom is 0.248 e. The Balaban J connectivity index is 3.82. The molecular weight excluding hydrogens is 180 g/mol. The SMILES string of the molecule is C=C(C)C(=O)NC(O)CC[N+](C)(C)C. The number of carbonyl (C=O) groups is 1. The first-order valence-electron chi connectivity index (χ1n) is 4.67. The fraction of sp³-hybridized carbons (Fsp3) is 0.700. The summed E-state index contributed by atoms with van der Waals surface area (Å²) in [5.74, 6) is -0.293. The third-order valence-corrected chi connectivity index (χ3v) is 1.76. The van der Waals surface area contributed by atoms with E-state index in [2.05, 4.69) is 11.9 Å². The highest BCUT2D eigenvalue weighted by Crippen LogP contribution is 1.97. The van der Waals surface area contributed by atoms with Crippen molar-refractivity contribution in [2.45, 2.75) is 19.6 Å². The fourth-order valence-electron chi connectivity index (χ4n) is 0.856. The zero-order valence-electron chi connectivity index (χ0n) is 9.50. The first-order valence-corrected chi connectivity index (χ1v) is 4.67. The van der Waals surface area contributed by atoms with Gasteiger partial charge < -0.3 is 14.9 Å². The van der Waals surface area contributed by atoms with E-state index in [0.29, 0.717) is 12.0 Å². The number of nitrogens with one attached hydrogen (secondary N) is 1. The Morgan fingerprint density at radius 1 is 1.50 bits per heavy atom. The topological polar surface area (TPSA) is 49.3 Å². The molecule has 0 aromatic heterocycles. The maximum atomic E-state index is 11.1. The number of hydrogen-bond acceptors (Lipinski definition) is 2. The summed E-state index contributed by atoms with van der Waals surface area (Å²) in [5.41, 5.74) is 0.411. The predicted octanol–water partition coefficient (Wildman–Crippen LogP) is 0.0934. The normalized spacial score (nSPS) is 13.5. The largest absolute Gasteiger partial charge is 0.373 e. The summed E-state index contributed by atoms with van der Waals surface area (Å²) in [5, 5.41) is 11.9. The molecule has 0 saturated heterocycles. The quantitative estimate of drug-likeness (QED) is 0.376. The first-order chi connectivity index (χ1) is 6.22. The van der Waals surface area contributed by atoms with E-state index < -0.39 is 6.23 Å². The van der Waals surface area contributed by atoms with Crippen LogP contribution in [0.2, 0.25) is 0 Å². The second kappa shape index (κ2) is 5.12. The summed E-state index contributed by atoms with van der Waals surface area (Å²) in [7, 11) is 6.11. The molecule has 0 aliphatic rings. The molecule has 0 rings (SSSR count). The Bertz CT molecular complexity index is 219. The minimum Gasteiger partial charge on any atom is -0.373 e. The lowest BCUT2D eigenvalue weighted by Gasteiger charge is -2.25. The van der Waals surface area contributed by atoms with Gasteiger partial charge in [-0.05, 0) is 6.92 Å². The third kappa shape index (κ3) is 6.62. The summed E-state index contributed by atoms with van der Waals surface area (Å²) in [6.07, 6.45) is -0.237. The van der Waals surface area contributed by atoms with E-state index in [4.69, 9.17) is 0 Å². The molecule has 1 atom stereocenters. The molecule has 0 aromatic carbocycles. The number of aliphatic hydroxyl groups excluding tert-OH is 1. The summed E-state index contributed by atoms with van der Waals surface area (Å²) >= 11 is 0. The molecule has 0 aliphatic heterocycles. The average molecular weight is 201 g/mol. The van der Waals surface area contributed by atoms with Crippen LogP contribution in [-0.2, 0) is 4.79 Å². The number of rotatable bonds is 5. The van der Waals surface area contributed by atoms with Crippen LogP contribution in [0.3, 0.4) is 0 Å². The molecule has 0 aliphatic carbocycles. The van der Waals surface area contributed by atoms with Crippen LogP contribution in [0.25, 0.3) is 0 Å². The zero-order chi connectivity index (χ0) is 11.4. The van der Waals surface area contributed by atoms with Crippen LogP contribution < -0.4 is 5.32 Å². The van der Waals surface area contributed by atoms with E-state index in [-0.39, 0.29) is 5.91 Å². The van der Waals surface area contributed by atoms with Gasteiger partial charge in [0.15, 0.2) is 0 Å². The number of quaternary nitrogens is 1. The van der Waals surface area contributed by atoms with Crippen LogP contribution in [0.15, 0.2) is 12.2 Å². The van der Waals surface area contributed by atoms with Gasteiger partial charge >= 0.3 is 0 Å². The number of carbonyl (C=O) groups excluding carboxylic acids is 1. The van der Waals surface area contributed by atoms with Gasteiger partial charge in [-0.3, -0.25) is 4.79 Å². The highest BCUT2D eigenvalue weighted by atomic mass is 16.3. The van der Waals surface area contributed by atoms with Gasteiger partial charge in [-0.2, -0.15) is 0 Å². The van der Waals surface area contributed by atoms with Gasteiger partial charge in [0.05, 0.1) is 27.7 Å². The van der Waals surface area contributed by atoms with Gasteiger partial charge in [-0.25, -0.2) is 0 Å². The van der Waals surface area contributed by atoms with Crippen molar-refractivity contribution in [3.8, 4) is 0 Å². The van der Waals surface area contributed by atoms with E-state index in [9.17, 15) is 9.90 Å². The molecule has 0 saturated carbocycles. The Morgan fingerprint density at radius 3 is 2.36 bits per heavy atom. The van der Waals surface area contributed by atoms with Crippen LogP contribution in [0.1, 0.15) is 13.3 Å². The summed E-state index contributed by atoms with van der Waals surface area (Å²) in [4.78, 5) is 11.1. The molecule has 2 N–H and O–H groups in total. The van der Waals surface area contributed by atoms with E-state index in [0.717, 1.165) is 11.0 Å². The van der Waals surface area contributed by atoms with Gasteiger partial charge in [0, 0.05) is 12.0 Å². The smallest absolute Gasteiger partial charge is 0.248 e. The molecule has 1 amide bonds. The highest BCUT2D eigenvalue weighted by molar-refractivity contribution is 5.92. The second-order valence-corrected chi connectivity index (χ2v) is 4.57. The predicted molar refractivity (Wildman–Crippen MR) is 56.5 cm³/mol. The van der Waals surface area contributed by atoms with Gasteiger partial charge in [0.2, 0.25) is 5.91 Å².